The van der Waals surface area contributed by atoms with Crippen molar-refractivity contribution in [2.75, 3.05) is 11.9 Å². The lowest BCUT2D eigenvalue weighted by Gasteiger charge is -2.10. The van der Waals surface area contributed by atoms with Gasteiger partial charge in [-0.05, 0) is 23.6 Å². The first-order valence-corrected chi connectivity index (χ1v) is 7.93. The lowest BCUT2D eigenvalue weighted by Crippen LogP contribution is -2.21. The van der Waals surface area contributed by atoms with Gasteiger partial charge in [0.25, 0.3) is 5.91 Å². The minimum absolute atomic E-state index is 0.302. The summed E-state index contributed by atoms with van der Waals surface area (Å²) in [4.78, 5) is 24.0. The zero-order chi connectivity index (χ0) is 18.7. The largest absolute Gasteiger partial charge is 0.452 e. The fourth-order valence-corrected chi connectivity index (χ4v) is 2.64. The van der Waals surface area contributed by atoms with Gasteiger partial charge >= 0.3 is 5.97 Å². The number of carbonyl (C=O) groups excluding carboxylic acids is 2. The van der Waals surface area contributed by atoms with E-state index in [-0.39, 0.29) is 10.6 Å². The summed E-state index contributed by atoms with van der Waals surface area (Å²) in [7, 11) is 0. The van der Waals surface area contributed by atoms with E-state index >= 15 is 0 Å². The number of esters is 1. The topological polar surface area (TPSA) is 55.4 Å². The molecule has 0 fully saturated rings. The van der Waals surface area contributed by atoms with Crippen molar-refractivity contribution in [2.24, 2.45) is 0 Å². The summed E-state index contributed by atoms with van der Waals surface area (Å²) in [6, 6.07) is 14.2. The maximum Gasteiger partial charge on any atom is 0.340 e. The molecular weight excluding hydrogens is 364 g/mol. The first-order chi connectivity index (χ1) is 12.5. The van der Waals surface area contributed by atoms with E-state index in [2.05, 4.69) is 5.32 Å². The van der Waals surface area contributed by atoms with Crippen LogP contribution >= 0.6 is 11.6 Å². The van der Waals surface area contributed by atoms with E-state index in [1.165, 1.54) is 0 Å². The molecule has 4 nitrogen and oxygen atoms in total. The van der Waals surface area contributed by atoms with Crippen molar-refractivity contribution in [3.63, 3.8) is 0 Å². The van der Waals surface area contributed by atoms with Gasteiger partial charge < -0.3 is 10.1 Å². The van der Waals surface area contributed by atoms with Crippen LogP contribution in [0.3, 0.4) is 0 Å². The van der Waals surface area contributed by atoms with Crippen LogP contribution in [-0.4, -0.2) is 18.5 Å². The monoisotopic (exact) mass is 375 g/mol. The number of carbonyl (C=O) groups is 2. The fourth-order valence-electron chi connectivity index (χ4n) is 2.41. The van der Waals surface area contributed by atoms with E-state index in [4.69, 9.17) is 16.3 Å². The average Bonchev–Trinajstić information content (AvgIpc) is 2.63. The molecule has 0 saturated carbocycles. The van der Waals surface area contributed by atoms with Crippen LogP contribution in [0.1, 0.15) is 10.4 Å². The molecule has 1 N–H and O–H groups in total. The summed E-state index contributed by atoms with van der Waals surface area (Å²) in [6.07, 6.45) is 0. The summed E-state index contributed by atoms with van der Waals surface area (Å²) in [6.45, 7) is -0.600. The van der Waals surface area contributed by atoms with Gasteiger partial charge in [-0.15, -0.1) is 0 Å². The molecule has 0 aliphatic carbocycles. The van der Waals surface area contributed by atoms with Gasteiger partial charge in [-0.2, -0.15) is 0 Å². The van der Waals surface area contributed by atoms with Gasteiger partial charge in [0.15, 0.2) is 18.2 Å². The molecule has 0 aliphatic rings. The summed E-state index contributed by atoms with van der Waals surface area (Å²) in [5, 5.41) is 4.11. The van der Waals surface area contributed by atoms with E-state index < -0.39 is 30.1 Å². The Hall–Kier alpha value is -2.99. The van der Waals surface area contributed by atoms with Crippen LogP contribution in [0.2, 0.25) is 5.02 Å². The molecule has 0 aliphatic heterocycles. The number of halogens is 3. The Morgan fingerprint density at radius 2 is 1.69 bits per heavy atom. The lowest BCUT2D eigenvalue weighted by atomic mass is 10.1. The standard InChI is InChI=1S/C19H12ClF2NO3/c20-14-9-16(22)15(21)8-13(14)19(25)26-10-18(24)23-17-7-3-5-11-4-1-2-6-12(11)17/h1-9H,10H2,(H,23,24). The molecule has 3 rings (SSSR count). The maximum absolute atomic E-state index is 13.2. The number of hydrogen-bond acceptors (Lipinski definition) is 3. The van der Waals surface area contributed by atoms with E-state index in [0.29, 0.717) is 17.8 Å². The Kier molecular flexibility index (Phi) is 5.14. The highest BCUT2D eigenvalue weighted by Gasteiger charge is 2.17. The van der Waals surface area contributed by atoms with Crippen LogP contribution in [0, 0.1) is 11.6 Å². The number of amides is 1. The van der Waals surface area contributed by atoms with Gasteiger partial charge in [-0.25, -0.2) is 13.6 Å². The number of anilines is 1. The van der Waals surface area contributed by atoms with Crippen LogP contribution in [-0.2, 0) is 9.53 Å². The zero-order valence-electron chi connectivity index (χ0n) is 13.3. The molecule has 7 heteroatoms. The summed E-state index contributed by atoms with van der Waals surface area (Å²) >= 11 is 5.70. The molecule has 1 amide bonds. The van der Waals surface area contributed by atoms with Crippen molar-refractivity contribution in [3.05, 3.63) is 76.8 Å². The number of benzene rings is 3. The Morgan fingerprint density at radius 3 is 2.50 bits per heavy atom. The molecule has 0 bridgehead atoms. The third-order valence-electron chi connectivity index (χ3n) is 3.63. The minimum Gasteiger partial charge on any atom is -0.452 e. The molecule has 26 heavy (non-hydrogen) atoms. The number of fused-ring (bicyclic) bond motifs is 1. The van der Waals surface area contributed by atoms with Crippen LogP contribution in [0.5, 0.6) is 0 Å². The third-order valence-corrected chi connectivity index (χ3v) is 3.94. The van der Waals surface area contributed by atoms with Crippen molar-refractivity contribution in [3.8, 4) is 0 Å². The molecule has 3 aromatic carbocycles. The zero-order valence-corrected chi connectivity index (χ0v) is 14.0. The highest BCUT2D eigenvalue weighted by Crippen LogP contribution is 2.23. The number of hydrogen-bond donors (Lipinski definition) is 1. The highest BCUT2D eigenvalue weighted by molar-refractivity contribution is 6.33. The molecule has 0 saturated heterocycles. The second kappa shape index (κ2) is 7.49. The summed E-state index contributed by atoms with van der Waals surface area (Å²) < 4.78 is 31.1. The Labute approximate surface area is 152 Å². The Morgan fingerprint density at radius 1 is 1.00 bits per heavy atom. The first-order valence-electron chi connectivity index (χ1n) is 7.55. The average molecular weight is 376 g/mol. The predicted octanol–water partition coefficient (Wildman–Crippen LogP) is 4.57. The maximum atomic E-state index is 13.2. The van der Waals surface area contributed by atoms with Crippen molar-refractivity contribution >= 4 is 39.9 Å². The molecule has 3 aromatic rings. The molecular formula is C19H12ClF2NO3. The minimum atomic E-state index is -1.23. The normalized spacial score (nSPS) is 10.6. The second-order valence-corrected chi connectivity index (χ2v) is 5.80. The van der Waals surface area contributed by atoms with Crippen molar-refractivity contribution in [2.45, 2.75) is 0 Å². The summed E-state index contributed by atoms with van der Waals surface area (Å²) in [5.74, 6) is -4.02. The van der Waals surface area contributed by atoms with Crippen LogP contribution in [0.4, 0.5) is 14.5 Å². The quantitative estimate of drug-likeness (QED) is 0.537. The van der Waals surface area contributed by atoms with E-state index in [1.54, 1.807) is 12.1 Å². The lowest BCUT2D eigenvalue weighted by molar-refractivity contribution is -0.119. The van der Waals surface area contributed by atoms with Crippen molar-refractivity contribution in [1.29, 1.82) is 0 Å². The van der Waals surface area contributed by atoms with Crippen molar-refractivity contribution < 1.29 is 23.1 Å². The molecule has 132 valence electrons. The first kappa shape index (κ1) is 17.8. The fraction of sp³-hybridized carbons (Fsp3) is 0.0526. The Bertz CT molecular complexity index is 1000. The summed E-state index contributed by atoms with van der Waals surface area (Å²) in [5.41, 5.74) is 0.207. The predicted molar refractivity (Wildman–Crippen MR) is 94.2 cm³/mol. The SMILES string of the molecule is O=C(COC(=O)c1cc(F)c(F)cc1Cl)Nc1cccc2ccccc12. The van der Waals surface area contributed by atoms with E-state index in [1.807, 2.05) is 30.3 Å². The second-order valence-electron chi connectivity index (χ2n) is 5.40. The molecule has 0 aromatic heterocycles. The van der Waals surface area contributed by atoms with Gasteiger partial charge in [0.2, 0.25) is 0 Å². The number of ether oxygens (including phenoxy) is 1. The van der Waals surface area contributed by atoms with Crippen molar-refractivity contribution in [1.82, 2.24) is 0 Å². The van der Waals surface area contributed by atoms with Gasteiger partial charge in [0.1, 0.15) is 0 Å². The molecule has 0 heterocycles. The highest BCUT2D eigenvalue weighted by atomic mass is 35.5. The smallest absolute Gasteiger partial charge is 0.340 e. The van der Waals surface area contributed by atoms with E-state index in [9.17, 15) is 18.4 Å². The van der Waals surface area contributed by atoms with E-state index in [0.717, 1.165) is 10.8 Å². The molecule has 0 spiro atoms. The molecule has 0 radical (unpaired) electrons. The van der Waals surface area contributed by atoms with Crippen LogP contribution in [0.15, 0.2) is 54.6 Å². The van der Waals surface area contributed by atoms with Crippen LogP contribution < -0.4 is 5.32 Å². The number of rotatable bonds is 4. The van der Waals surface area contributed by atoms with Gasteiger partial charge in [0.05, 0.1) is 10.6 Å². The van der Waals surface area contributed by atoms with Gasteiger partial charge in [-0.3, -0.25) is 4.79 Å². The molecule has 0 unspecified atom stereocenters. The van der Waals surface area contributed by atoms with Gasteiger partial charge in [0, 0.05) is 11.1 Å². The van der Waals surface area contributed by atoms with Gasteiger partial charge in [-0.1, -0.05) is 48.0 Å². The molecule has 0 atom stereocenters. The van der Waals surface area contributed by atoms with Crippen LogP contribution in [0.25, 0.3) is 10.8 Å². The third kappa shape index (κ3) is 3.81. The number of nitrogens with one attached hydrogen (secondary N) is 1. The Balaban J connectivity index is 1.67.